The van der Waals surface area contributed by atoms with E-state index in [-0.39, 0.29) is 11.8 Å². The molecule has 2 aliphatic heterocycles. The molecule has 0 saturated carbocycles. The number of rotatable bonds is 6. The second kappa shape index (κ2) is 8.51. The highest BCUT2D eigenvalue weighted by molar-refractivity contribution is 6.21. The summed E-state index contributed by atoms with van der Waals surface area (Å²) in [4.78, 5) is 30.9. The van der Waals surface area contributed by atoms with Crippen molar-refractivity contribution in [3.8, 4) is 5.82 Å². The summed E-state index contributed by atoms with van der Waals surface area (Å²) < 4.78 is 1.72. The van der Waals surface area contributed by atoms with Crippen molar-refractivity contribution >= 4 is 17.6 Å². The smallest absolute Gasteiger partial charge is 0.261 e. The molecule has 0 radical (unpaired) electrons. The molecule has 3 aromatic rings. The first-order valence-corrected chi connectivity index (χ1v) is 10.9. The van der Waals surface area contributed by atoms with Crippen molar-refractivity contribution in [2.24, 2.45) is 0 Å². The molecule has 2 amide bonds. The molecule has 0 unspecified atom stereocenters. The van der Waals surface area contributed by atoms with E-state index in [1.54, 1.807) is 28.9 Å². The second-order valence-electron chi connectivity index (χ2n) is 8.14. The molecule has 0 aliphatic carbocycles. The minimum atomic E-state index is -0.178. The van der Waals surface area contributed by atoms with Gasteiger partial charge in [-0.15, -0.1) is 10.2 Å². The summed E-state index contributed by atoms with van der Waals surface area (Å²) in [6.07, 6.45) is 2.64. The van der Waals surface area contributed by atoms with Crippen molar-refractivity contribution < 1.29 is 9.59 Å². The molecule has 0 bridgehead atoms. The van der Waals surface area contributed by atoms with E-state index in [2.05, 4.69) is 25.1 Å². The van der Waals surface area contributed by atoms with E-state index in [4.69, 9.17) is 0 Å². The number of benzene rings is 1. The Morgan fingerprint density at radius 2 is 1.47 bits per heavy atom. The van der Waals surface area contributed by atoms with E-state index >= 15 is 0 Å². The van der Waals surface area contributed by atoms with Crippen LogP contribution in [-0.2, 0) is 0 Å². The average molecular weight is 432 g/mol. The lowest BCUT2D eigenvalue weighted by Gasteiger charge is -2.35. The average Bonchev–Trinajstić information content (AvgIpc) is 3.37. The Morgan fingerprint density at radius 3 is 2.06 bits per heavy atom. The predicted octanol–water partition coefficient (Wildman–Crippen LogP) is 1.78. The fourth-order valence-electron chi connectivity index (χ4n) is 4.25. The second-order valence-corrected chi connectivity index (χ2v) is 8.14. The fourth-order valence-corrected chi connectivity index (χ4v) is 4.25. The minimum Gasteiger partial charge on any atom is -0.353 e. The Labute approximate surface area is 186 Å². The summed E-state index contributed by atoms with van der Waals surface area (Å²) in [5, 5.41) is 13.0. The van der Waals surface area contributed by atoms with Crippen molar-refractivity contribution in [2.75, 3.05) is 44.2 Å². The van der Waals surface area contributed by atoms with E-state index < -0.39 is 0 Å². The van der Waals surface area contributed by atoms with Gasteiger partial charge in [-0.25, -0.2) is 4.68 Å². The number of carbonyl (C=O) groups is 2. The number of imide groups is 1. The van der Waals surface area contributed by atoms with Gasteiger partial charge < -0.3 is 4.90 Å². The highest BCUT2D eigenvalue weighted by Crippen LogP contribution is 2.22. The summed E-state index contributed by atoms with van der Waals surface area (Å²) in [7, 11) is 0. The first-order chi connectivity index (χ1) is 15.6. The van der Waals surface area contributed by atoms with Crippen molar-refractivity contribution in [1.82, 2.24) is 29.8 Å². The first kappa shape index (κ1) is 20.3. The molecule has 0 N–H and O–H groups in total. The van der Waals surface area contributed by atoms with E-state index in [1.165, 1.54) is 4.90 Å². The Bertz CT molecular complexity index is 1100. The summed E-state index contributed by atoms with van der Waals surface area (Å²) >= 11 is 0. The SMILES string of the molecule is Cc1ccn(-c2ccc(N3CCN(CCCN4C(=O)c5ccccc5C4=O)CC3)nn2)n1. The van der Waals surface area contributed by atoms with Crippen LogP contribution in [0.4, 0.5) is 5.82 Å². The van der Waals surface area contributed by atoms with Gasteiger partial charge in [0.15, 0.2) is 11.6 Å². The van der Waals surface area contributed by atoms with E-state index in [9.17, 15) is 9.59 Å². The third kappa shape index (κ3) is 3.87. The van der Waals surface area contributed by atoms with Crippen molar-refractivity contribution in [3.05, 3.63) is 65.5 Å². The summed E-state index contributed by atoms with van der Waals surface area (Å²) in [6.45, 7) is 6.78. The Balaban J connectivity index is 1.10. The number of hydrogen-bond acceptors (Lipinski definition) is 7. The highest BCUT2D eigenvalue weighted by Gasteiger charge is 2.34. The van der Waals surface area contributed by atoms with Gasteiger partial charge in [0.1, 0.15) is 0 Å². The molecular weight excluding hydrogens is 406 g/mol. The normalized spacial score (nSPS) is 16.7. The van der Waals surface area contributed by atoms with E-state index in [1.807, 2.05) is 31.3 Å². The first-order valence-electron chi connectivity index (χ1n) is 10.9. The van der Waals surface area contributed by atoms with Gasteiger partial charge in [-0.3, -0.25) is 19.4 Å². The van der Waals surface area contributed by atoms with Gasteiger partial charge in [0.2, 0.25) is 0 Å². The van der Waals surface area contributed by atoms with Gasteiger partial charge in [0.05, 0.1) is 16.8 Å². The topological polar surface area (TPSA) is 87.5 Å². The lowest BCUT2D eigenvalue weighted by Crippen LogP contribution is -2.47. The maximum Gasteiger partial charge on any atom is 0.261 e. The minimum absolute atomic E-state index is 0.178. The van der Waals surface area contributed by atoms with Gasteiger partial charge in [0, 0.05) is 38.9 Å². The van der Waals surface area contributed by atoms with Gasteiger partial charge in [0.25, 0.3) is 11.8 Å². The Morgan fingerprint density at radius 1 is 0.812 bits per heavy atom. The van der Waals surface area contributed by atoms with E-state index in [0.29, 0.717) is 23.5 Å². The number of fused-ring (bicyclic) bond motifs is 1. The van der Waals surface area contributed by atoms with Gasteiger partial charge >= 0.3 is 0 Å². The van der Waals surface area contributed by atoms with Gasteiger partial charge in [-0.05, 0) is 50.2 Å². The number of carbonyl (C=O) groups excluding carboxylic acids is 2. The van der Waals surface area contributed by atoms with Crippen molar-refractivity contribution in [1.29, 1.82) is 0 Å². The molecule has 9 nitrogen and oxygen atoms in total. The van der Waals surface area contributed by atoms with Crippen LogP contribution in [0, 0.1) is 6.92 Å². The van der Waals surface area contributed by atoms with E-state index in [0.717, 1.165) is 50.7 Å². The molecule has 0 spiro atoms. The zero-order valence-electron chi connectivity index (χ0n) is 18.0. The van der Waals surface area contributed by atoms with Crippen LogP contribution in [0.25, 0.3) is 5.82 Å². The third-order valence-electron chi connectivity index (χ3n) is 6.02. The third-order valence-corrected chi connectivity index (χ3v) is 6.02. The largest absolute Gasteiger partial charge is 0.353 e. The van der Waals surface area contributed by atoms with Crippen molar-refractivity contribution in [2.45, 2.75) is 13.3 Å². The van der Waals surface area contributed by atoms with Crippen LogP contribution in [0.2, 0.25) is 0 Å². The molecule has 2 aliphatic rings. The van der Waals surface area contributed by atoms with Crippen LogP contribution < -0.4 is 4.90 Å². The van der Waals surface area contributed by atoms with Gasteiger partial charge in [-0.2, -0.15) is 5.10 Å². The van der Waals surface area contributed by atoms with Crippen LogP contribution in [0.3, 0.4) is 0 Å². The number of amides is 2. The zero-order valence-corrected chi connectivity index (χ0v) is 18.0. The molecule has 1 fully saturated rings. The molecule has 4 heterocycles. The standard InChI is InChI=1S/C23H25N7O2/c1-17-9-12-30(26-17)21-8-7-20(24-25-21)28-15-13-27(14-16-28)10-4-11-29-22(31)18-5-2-3-6-19(18)23(29)32/h2-3,5-9,12H,4,10-11,13-16H2,1H3. The lowest BCUT2D eigenvalue weighted by molar-refractivity contribution is 0.0647. The number of aryl methyl sites for hydroxylation is 1. The van der Waals surface area contributed by atoms with Crippen LogP contribution in [-0.4, -0.2) is 80.9 Å². The molecule has 164 valence electrons. The number of nitrogens with zero attached hydrogens (tertiary/aromatic N) is 7. The molecule has 5 rings (SSSR count). The quantitative estimate of drug-likeness (QED) is 0.550. The maximum atomic E-state index is 12.5. The van der Waals surface area contributed by atoms with Gasteiger partial charge in [-0.1, -0.05) is 12.1 Å². The fraction of sp³-hybridized carbons (Fsp3) is 0.348. The number of aromatic nitrogens is 4. The lowest BCUT2D eigenvalue weighted by atomic mass is 10.1. The maximum absolute atomic E-state index is 12.5. The van der Waals surface area contributed by atoms with Crippen LogP contribution in [0.5, 0.6) is 0 Å². The molecule has 2 aromatic heterocycles. The number of piperazine rings is 1. The summed E-state index contributed by atoms with van der Waals surface area (Å²) in [5.41, 5.74) is 1.97. The molecular formula is C23H25N7O2. The van der Waals surface area contributed by atoms with Crippen molar-refractivity contribution in [3.63, 3.8) is 0 Å². The Kier molecular flexibility index (Phi) is 5.40. The number of hydrogen-bond donors (Lipinski definition) is 0. The van der Waals surface area contributed by atoms with Crippen LogP contribution >= 0.6 is 0 Å². The summed E-state index contributed by atoms with van der Waals surface area (Å²) in [6, 6.07) is 12.9. The predicted molar refractivity (Wildman–Crippen MR) is 119 cm³/mol. The molecule has 9 heteroatoms. The Hall–Kier alpha value is -3.59. The molecule has 1 saturated heterocycles. The zero-order chi connectivity index (χ0) is 22.1. The summed E-state index contributed by atoms with van der Waals surface area (Å²) in [5.74, 6) is 1.21. The molecule has 0 atom stereocenters. The molecule has 32 heavy (non-hydrogen) atoms. The highest BCUT2D eigenvalue weighted by atomic mass is 16.2. The number of anilines is 1. The van der Waals surface area contributed by atoms with Crippen LogP contribution in [0.15, 0.2) is 48.7 Å². The molecule has 1 aromatic carbocycles. The monoisotopic (exact) mass is 431 g/mol. The van der Waals surface area contributed by atoms with Crippen LogP contribution in [0.1, 0.15) is 32.8 Å².